The third kappa shape index (κ3) is 2.35. The van der Waals surface area contributed by atoms with Crippen LogP contribution in [0, 0.1) is 10.1 Å². The Morgan fingerprint density at radius 3 is 2.06 bits per heavy atom. The number of oxime groups is 1. The highest BCUT2D eigenvalue weighted by Crippen LogP contribution is 2.15. The Labute approximate surface area is 103 Å². The second-order valence-electron chi connectivity index (χ2n) is 3.62. The lowest BCUT2D eigenvalue weighted by Gasteiger charge is -2.04. The first-order valence-corrected chi connectivity index (χ1v) is 5.24. The molecule has 0 aliphatic carbocycles. The van der Waals surface area contributed by atoms with Gasteiger partial charge in [0.05, 0.1) is 4.92 Å². The number of nitro groups is 1. The average Bonchev–Trinajstić information content (AvgIpc) is 2.41. The van der Waals surface area contributed by atoms with E-state index < -0.39 is 4.92 Å². The van der Waals surface area contributed by atoms with Crippen molar-refractivity contribution in [1.82, 2.24) is 0 Å². The first kappa shape index (κ1) is 11.8. The van der Waals surface area contributed by atoms with Gasteiger partial charge in [0.1, 0.15) is 5.71 Å². The Morgan fingerprint density at radius 2 is 1.56 bits per heavy atom. The van der Waals surface area contributed by atoms with Gasteiger partial charge >= 0.3 is 0 Å². The predicted molar refractivity (Wildman–Crippen MR) is 67.0 cm³/mol. The van der Waals surface area contributed by atoms with Crippen LogP contribution in [0.1, 0.15) is 11.1 Å². The molecule has 0 atom stereocenters. The van der Waals surface area contributed by atoms with Gasteiger partial charge in [0, 0.05) is 23.3 Å². The predicted octanol–water partition coefficient (Wildman–Crippen LogP) is 2.82. The minimum Gasteiger partial charge on any atom is -0.410 e. The standard InChI is InChI=1S/C13H10N2O3/c16-14-13(10-4-2-1-3-5-10)11-6-8-12(9-7-11)15(17)18/h1-9,16H. The monoisotopic (exact) mass is 242 g/mol. The van der Waals surface area contributed by atoms with Gasteiger partial charge in [0.2, 0.25) is 0 Å². The molecule has 18 heavy (non-hydrogen) atoms. The molecule has 0 bridgehead atoms. The number of rotatable bonds is 3. The molecule has 5 nitrogen and oxygen atoms in total. The van der Waals surface area contributed by atoms with Crippen molar-refractivity contribution in [2.45, 2.75) is 0 Å². The van der Waals surface area contributed by atoms with E-state index in [2.05, 4.69) is 5.16 Å². The van der Waals surface area contributed by atoms with Gasteiger partial charge in [-0.1, -0.05) is 35.5 Å². The van der Waals surface area contributed by atoms with Gasteiger partial charge in [-0.3, -0.25) is 10.1 Å². The maximum absolute atomic E-state index is 10.5. The van der Waals surface area contributed by atoms with Crippen LogP contribution in [-0.2, 0) is 0 Å². The number of nitro benzene ring substituents is 1. The molecule has 0 spiro atoms. The lowest BCUT2D eigenvalue weighted by atomic mass is 10.0. The van der Waals surface area contributed by atoms with Crippen LogP contribution in [0.15, 0.2) is 59.8 Å². The van der Waals surface area contributed by atoms with E-state index >= 15 is 0 Å². The van der Waals surface area contributed by atoms with Crippen molar-refractivity contribution in [1.29, 1.82) is 0 Å². The Bertz CT molecular complexity index is 577. The van der Waals surface area contributed by atoms with E-state index in [0.717, 1.165) is 5.56 Å². The van der Waals surface area contributed by atoms with Crippen molar-refractivity contribution in [2.24, 2.45) is 5.16 Å². The van der Waals surface area contributed by atoms with E-state index in [-0.39, 0.29) is 5.69 Å². The summed E-state index contributed by atoms with van der Waals surface area (Å²) in [5, 5.41) is 22.9. The molecule has 0 radical (unpaired) electrons. The topological polar surface area (TPSA) is 75.7 Å². The van der Waals surface area contributed by atoms with Crippen molar-refractivity contribution in [3.63, 3.8) is 0 Å². The van der Waals surface area contributed by atoms with Crippen molar-refractivity contribution in [3.8, 4) is 0 Å². The molecule has 1 N–H and O–H groups in total. The average molecular weight is 242 g/mol. The van der Waals surface area contributed by atoms with Crippen molar-refractivity contribution in [3.05, 3.63) is 75.8 Å². The summed E-state index contributed by atoms with van der Waals surface area (Å²) in [4.78, 5) is 10.1. The summed E-state index contributed by atoms with van der Waals surface area (Å²) < 4.78 is 0. The third-order valence-electron chi connectivity index (χ3n) is 2.50. The van der Waals surface area contributed by atoms with E-state index in [1.165, 1.54) is 12.1 Å². The Balaban J connectivity index is 2.38. The molecule has 0 aromatic heterocycles. The van der Waals surface area contributed by atoms with Crippen LogP contribution in [0.25, 0.3) is 0 Å². The maximum atomic E-state index is 10.5. The zero-order chi connectivity index (χ0) is 13.0. The van der Waals surface area contributed by atoms with Gasteiger partial charge < -0.3 is 5.21 Å². The summed E-state index contributed by atoms with van der Waals surface area (Å²) in [5.41, 5.74) is 1.75. The SMILES string of the molecule is O=[N+]([O-])c1ccc(C(=NO)c2ccccc2)cc1. The molecule has 0 aliphatic rings. The van der Waals surface area contributed by atoms with Crippen LogP contribution in [0.4, 0.5) is 5.69 Å². The summed E-state index contributed by atoms with van der Waals surface area (Å²) in [6.07, 6.45) is 0. The molecular weight excluding hydrogens is 232 g/mol. The number of nitrogens with zero attached hydrogens (tertiary/aromatic N) is 2. The molecule has 90 valence electrons. The van der Waals surface area contributed by atoms with E-state index in [1.54, 1.807) is 24.3 Å². The largest absolute Gasteiger partial charge is 0.410 e. The van der Waals surface area contributed by atoms with Gasteiger partial charge in [0.15, 0.2) is 0 Å². The highest BCUT2D eigenvalue weighted by molar-refractivity contribution is 6.12. The first-order valence-electron chi connectivity index (χ1n) is 5.24. The summed E-state index contributed by atoms with van der Waals surface area (Å²) in [6, 6.07) is 15.0. The lowest BCUT2D eigenvalue weighted by molar-refractivity contribution is -0.384. The zero-order valence-corrected chi connectivity index (χ0v) is 9.35. The minimum atomic E-state index is -0.470. The molecule has 0 saturated carbocycles. The van der Waals surface area contributed by atoms with Gasteiger partial charge in [0.25, 0.3) is 5.69 Å². The molecule has 0 aliphatic heterocycles. The van der Waals surface area contributed by atoms with Crippen LogP contribution in [0.3, 0.4) is 0 Å². The van der Waals surface area contributed by atoms with E-state index in [1.807, 2.05) is 18.2 Å². The van der Waals surface area contributed by atoms with Gasteiger partial charge in [-0.2, -0.15) is 0 Å². The lowest BCUT2D eigenvalue weighted by Crippen LogP contribution is -2.03. The molecular formula is C13H10N2O3. The fourth-order valence-corrected chi connectivity index (χ4v) is 1.62. The van der Waals surface area contributed by atoms with Crippen LogP contribution >= 0.6 is 0 Å². The number of benzene rings is 2. The molecule has 0 heterocycles. The van der Waals surface area contributed by atoms with Gasteiger partial charge in [-0.25, -0.2) is 0 Å². The fourth-order valence-electron chi connectivity index (χ4n) is 1.62. The number of hydrogen-bond acceptors (Lipinski definition) is 4. The Morgan fingerprint density at radius 1 is 1.00 bits per heavy atom. The Kier molecular flexibility index (Phi) is 3.33. The second-order valence-corrected chi connectivity index (χ2v) is 3.62. The van der Waals surface area contributed by atoms with Crippen LogP contribution in [0.2, 0.25) is 0 Å². The van der Waals surface area contributed by atoms with Gasteiger partial charge in [-0.15, -0.1) is 0 Å². The normalized spacial score (nSPS) is 11.2. The minimum absolute atomic E-state index is 0.00380. The number of non-ortho nitro benzene ring substituents is 1. The third-order valence-corrected chi connectivity index (χ3v) is 2.50. The molecule has 0 saturated heterocycles. The smallest absolute Gasteiger partial charge is 0.269 e. The molecule has 2 rings (SSSR count). The quantitative estimate of drug-likeness (QED) is 0.389. The second kappa shape index (κ2) is 5.09. The van der Waals surface area contributed by atoms with Crippen molar-refractivity contribution >= 4 is 11.4 Å². The zero-order valence-electron chi connectivity index (χ0n) is 9.35. The van der Waals surface area contributed by atoms with Crippen LogP contribution in [-0.4, -0.2) is 15.8 Å². The van der Waals surface area contributed by atoms with E-state index in [9.17, 15) is 10.1 Å². The molecule has 0 fully saturated rings. The molecule has 2 aromatic rings. The highest BCUT2D eigenvalue weighted by atomic mass is 16.6. The number of hydrogen-bond donors (Lipinski definition) is 1. The summed E-state index contributed by atoms with van der Waals surface area (Å²) in [5.74, 6) is 0. The van der Waals surface area contributed by atoms with E-state index in [4.69, 9.17) is 5.21 Å². The van der Waals surface area contributed by atoms with Crippen LogP contribution in [0.5, 0.6) is 0 Å². The van der Waals surface area contributed by atoms with Gasteiger partial charge in [-0.05, 0) is 12.1 Å². The molecule has 2 aromatic carbocycles. The Hall–Kier alpha value is -2.69. The highest BCUT2D eigenvalue weighted by Gasteiger charge is 2.10. The van der Waals surface area contributed by atoms with E-state index in [0.29, 0.717) is 11.3 Å². The maximum Gasteiger partial charge on any atom is 0.269 e. The molecule has 0 amide bonds. The van der Waals surface area contributed by atoms with Crippen molar-refractivity contribution in [2.75, 3.05) is 0 Å². The fraction of sp³-hybridized carbons (Fsp3) is 0. The molecule has 0 unspecified atom stereocenters. The summed E-state index contributed by atoms with van der Waals surface area (Å²) >= 11 is 0. The van der Waals surface area contributed by atoms with Crippen LogP contribution < -0.4 is 0 Å². The summed E-state index contributed by atoms with van der Waals surface area (Å²) in [6.45, 7) is 0. The molecule has 5 heteroatoms. The van der Waals surface area contributed by atoms with Crippen molar-refractivity contribution < 1.29 is 10.1 Å². The summed E-state index contributed by atoms with van der Waals surface area (Å²) in [7, 11) is 0. The first-order chi connectivity index (χ1) is 8.72.